The number of fused-ring (bicyclic) bond motifs is 1. The maximum absolute atomic E-state index is 13.3. The third kappa shape index (κ3) is 5.85. The van der Waals surface area contributed by atoms with Crippen molar-refractivity contribution in [2.75, 3.05) is 13.2 Å². The lowest BCUT2D eigenvalue weighted by Crippen LogP contribution is -2.49. The van der Waals surface area contributed by atoms with Crippen molar-refractivity contribution < 1.29 is 18.7 Å². The Balaban J connectivity index is 1.77. The van der Waals surface area contributed by atoms with Crippen molar-refractivity contribution in [3.05, 3.63) is 76.5 Å². The Morgan fingerprint density at radius 1 is 1.09 bits per heavy atom. The molecule has 3 rings (SSSR count). The van der Waals surface area contributed by atoms with Crippen molar-refractivity contribution in [2.24, 2.45) is 0 Å². The predicted molar refractivity (Wildman–Crippen MR) is 127 cm³/mol. The van der Waals surface area contributed by atoms with Gasteiger partial charge in [-0.1, -0.05) is 49.4 Å². The molecule has 0 heterocycles. The molecule has 168 valence electrons. The van der Waals surface area contributed by atoms with Crippen LogP contribution in [0.3, 0.4) is 0 Å². The van der Waals surface area contributed by atoms with Crippen LogP contribution in [-0.4, -0.2) is 35.9 Å². The molecule has 0 saturated heterocycles. The zero-order valence-electron chi connectivity index (χ0n) is 18.1. The lowest BCUT2D eigenvalue weighted by atomic mass is 10.1. The van der Waals surface area contributed by atoms with Crippen LogP contribution in [0.15, 0.2) is 65.1 Å². The molecule has 1 atom stereocenters. The van der Waals surface area contributed by atoms with Gasteiger partial charge < -0.3 is 15.0 Å². The molecule has 0 aliphatic rings. The molecule has 3 aromatic rings. The second-order valence-corrected chi connectivity index (χ2v) is 8.30. The number of nitrogens with one attached hydrogen (secondary N) is 1. The molecule has 0 aliphatic carbocycles. The van der Waals surface area contributed by atoms with Crippen LogP contribution in [0, 0.1) is 5.82 Å². The van der Waals surface area contributed by atoms with E-state index in [0.717, 1.165) is 27.2 Å². The standard InChI is InChI=1S/C25H26BrFN2O3/c1-3-14-28-25(31)17(2)29(15-18-8-11-20(27)12-9-18)23(30)16-32-22-13-10-19-6-4-5-7-21(19)24(22)26/h4-13,17H,3,14-16H2,1-2H3,(H,28,31)/t17-/m1/s1. The van der Waals surface area contributed by atoms with Crippen LogP contribution < -0.4 is 10.1 Å². The number of amides is 2. The molecule has 5 nitrogen and oxygen atoms in total. The van der Waals surface area contributed by atoms with Crippen LogP contribution in [0.4, 0.5) is 4.39 Å². The van der Waals surface area contributed by atoms with Crippen LogP contribution in [-0.2, 0) is 16.1 Å². The fraction of sp³-hybridized carbons (Fsp3) is 0.280. The van der Waals surface area contributed by atoms with E-state index in [-0.39, 0.29) is 30.8 Å². The van der Waals surface area contributed by atoms with E-state index in [9.17, 15) is 14.0 Å². The third-order valence-corrected chi connectivity index (χ3v) is 5.98. The Hall–Kier alpha value is -2.93. The summed E-state index contributed by atoms with van der Waals surface area (Å²) in [6.07, 6.45) is 0.795. The Bertz CT molecular complexity index is 1090. The van der Waals surface area contributed by atoms with E-state index in [1.54, 1.807) is 25.1 Å². The Morgan fingerprint density at radius 2 is 1.81 bits per heavy atom. The Labute approximate surface area is 195 Å². The van der Waals surface area contributed by atoms with Crippen LogP contribution in [0.5, 0.6) is 5.75 Å². The number of rotatable bonds is 9. The zero-order chi connectivity index (χ0) is 23.1. The molecule has 3 aromatic carbocycles. The van der Waals surface area contributed by atoms with E-state index in [1.807, 2.05) is 37.3 Å². The monoisotopic (exact) mass is 500 g/mol. The average molecular weight is 501 g/mol. The first-order valence-electron chi connectivity index (χ1n) is 10.5. The zero-order valence-corrected chi connectivity index (χ0v) is 19.7. The van der Waals surface area contributed by atoms with Gasteiger partial charge in [-0.25, -0.2) is 4.39 Å². The number of benzene rings is 3. The summed E-state index contributed by atoms with van der Waals surface area (Å²) in [6.45, 7) is 4.11. The summed E-state index contributed by atoms with van der Waals surface area (Å²) >= 11 is 3.56. The number of ether oxygens (including phenoxy) is 1. The first-order valence-corrected chi connectivity index (χ1v) is 11.3. The molecule has 0 radical (unpaired) electrons. The fourth-order valence-corrected chi connectivity index (χ4v) is 3.92. The van der Waals surface area contributed by atoms with Gasteiger partial charge in [-0.05, 0) is 63.8 Å². The smallest absolute Gasteiger partial charge is 0.261 e. The van der Waals surface area contributed by atoms with Gasteiger partial charge in [-0.2, -0.15) is 0 Å². The van der Waals surface area contributed by atoms with E-state index >= 15 is 0 Å². The molecule has 0 bridgehead atoms. The van der Waals surface area contributed by atoms with Crippen molar-refractivity contribution in [3.63, 3.8) is 0 Å². The third-order valence-electron chi connectivity index (χ3n) is 5.16. The normalized spacial score (nSPS) is 11.8. The summed E-state index contributed by atoms with van der Waals surface area (Å²) in [7, 11) is 0. The highest BCUT2D eigenvalue weighted by molar-refractivity contribution is 9.10. The lowest BCUT2D eigenvalue weighted by Gasteiger charge is -2.28. The number of halogens is 2. The SMILES string of the molecule is CCCNC(=O)[C@@H](C)N(Cc1ccc(F)cc1)C(=O)COc1ccc2ccccc2c1Br. The number of hydrogen-bond donors (Lipinski definition) is 1. The van der Waals surface area contributed by atoms with Gasteiger partial charge in [-0.3, -0.25) is 9.59 Å². The minimum absolute atomic E-state index is 0.169. The molecular formula is C25H26BrFN2O3. The van der Waals surface area contributed by atoms with Gasteiger partial charge in [0.2, 0.25) is 5.91 Å². The molecule has 1 N–H and O–H groups in total. The van der Waals surface area contributed by atoms with Gasteiger partial charge in [0.1, 0.15) is 17.6 Å². The van der Waals surface area contributed by atoms with Crippen LogP contribution in [0.2, 0.25) is 0 Å². The van der Waals surface area contributed by atoms with E-state index in [0.29, 0.717) is 12.3 Å². The first-order chi connectivity index (χ1) is 15.4. The van der Waals surface area contributed by atoms with Crippen molar-refractivity contribution >= 4 is 38.5 Å². The van der Waals surface area contributed by atoms with E-state index in [4.69, 9.17) is 4.74 Å². The van der Waals surface area contributed by atoms with Gasteiger partial charge in [-0.15, -0.1) is 0 Å². The summed E-state index contributed by atoms with van der Waals surface area (Å²) in [6, 6.07) is 16.8. The van der Waals surface area contributed by atoms with Gasteiger partial charge in [0.15, 0.2) is 6.61 Å². The van der Waals surface area contributed by atoms with Crippen molar-refractivity contribution in [3.8, 4) is 5.75 Å². The molecule has 2 amide bonds. The summed E-state index contributed by atoms with van der Waals surface area (Å²) in [4.78, 5) is 27.1. The second kappa shape index (κ2) is 11.1. The van der Waals surface area contributed by atoms with E-state index in [1.165, 1.54) is 17.0 Å². The highest BCUT2D eigenvalue weighted by Gasteiger charge is 2.26. The number of carbonyl (C=O) groups is 2. The second-order valence-electron chi connectivity index (χ2n) is 7.50. The molecule has 0 unspecified atom stereocenters. The molecule has 0 aromatic heterocycles. The quantitative estimate of drug-likeness (QED) is 0.446. The Morgan fingerprint density at radius 3 is 2.53 bits per heavy atom. The minimum atomic E-state index is -0.706. The van der Waals surface area contributed by atoms with Gasteiger partial charge in [0.25, 0.3) is 5.91 Å². The molecular weight excluding hydrogens is 475 g/mol. The van der Waals surface area contributed by atoms with E-state index < -0.39 is 6.04 Å². The maximum Gasteiger partial charge on any atom is 0.261 e. The topological polar surface area (TPSA) is 58.6 Å². The molecule has 0 fully saturated rings. The molecule has 7 heteroatoms. The Kier molecular flexibility index (Phi) is 8.22. The number of hydrogen-bond acceptors (Lipinski definition) is 3. The van der Waals surface area contributed by atoms with Crippen LogP contribution >= 0.6 is 15.9 Å². The van der Waals surface area contributed by atoms with Gasteiger partial charge >= 0.3 is 0 Å². The van der Waals surface area contributed by atoms with Gasteiger partial charge in [0.05, 0.1) is 4.47 Å². The van der Waals surface area contributed by atoms with Crippen LogP contribution in [0.25, 0.3) is 10.8 Å². The molecule has 32 heavy (non-hydrogen) atoms. The highest BCUT2D eigenvalue weighted by Crippen LogP contribution is 2.33. The first kappa shape index (κ1) is 23.7. The fourth-order valence-electron chi connectivity index (χ4n) is 3.31. The lowest BCUT2D eigenvalue weighted by molar-refractivity contribution is -0.142. The predicted octanol–water partition coefficient (Wildman–Crippen LogP) is 5.06. The van der Waals surface area contributed by atoms with Crippen molar-refractivity contribution in [1.29, 1.82) is 0 Å². The maximum atomic E-state index is 13.3. The molecule has 0 aliphatic heterocycles. The molecule has 0 spiro atoms. The van der Waals surface area contributed by atoms with Gasteiger partial charge in [0, 0.05) is 13.1 Å². The van der Waals surface area contributed by atoms with Crippen molar-refractivity contribution in [1.82, 2.24) is 10.2 Å². The van der Waals surface area contributed by atoms with Crippen molar-refractivity contribution in [2.45, 2.75) is 32.9 Å². The summed E-state index contributed by atoms with van der Waals surface area (Å²) in [5.74, 6) is -0.394. The largest absolute Gasteiger partial charge is 0.483 e. The summed E-state index contributed by atoms with van der Waals surface area (Å²) in [5, 5.41) is 4.86. The van der Waals surface area contributed by atoms with E-state index in [2.05, 4.69) is 21.2 Å². The minimum Gasteiger partial charge on any atom is -0.483 e. The average Bonchev–Trinajstić information content (AvgIpc) is 2.81. The summed E-state index contributed by atoms with van der Waals surface area (Å²) < 4.78 is 19.9. The van der Waals surface area contributed by atoms with Crippen LogP contribution in [0.1, 0.15) is 25.8 Å². The summed E-state index contributed by atoms with van der Waals surface area (Å²) in [5.41, 5.74) is 0.724. The highest BCUT2D eigenvalue weighted by atomic mass is 79.9. The number of nitrogens with zero attached hydrogens (tertiary/aromatic N) is 1. The molecule has 0 saturated carbocycles. The number of carbonyl (C=O) groups excluding carboxylic acids is 2.